The van der Waals surface area contributed by atoms with Crippen molar-refractivity contribution in [1.29, 1.82) is 0 Å². The van der Waals surface area contributed by atoms with Crippen LogP contribution >= 0.6 is 12.2 Å². The molecule has 3 N–H and O–H groups in total. The summed E-state index contributed by atoms with van der Waals surface area (Å²) in [6, 6.07) is 3.38. The molecular weight excluding hydrogens is 258 g/mol. The highest BCUT2D eigenvalue weighted by atomic mass is 32.1. The van der Waals surface area contributed by atoms with E-state index in [-0.39, 0.29) is 5.91 Å². The van der Waals surface area contributed by atoms with Gasteiger partial charge in [-0.2, -0.15) is 0 Å². The van der Waals surface area contributed by atoms with Gasteiger partial charge < -0.3 is 11.1 Å². The summed E-state index contributed by atoms with van der Waals surface area (Å²) >= 11 is 4.85. The Kier molecular flexibility index (Phi) is 4.14. The number of nitrogens with zero attached hydrogens (tertiary/aromatic N) is 1. The summed E-state index contributed by atoms with van der Waals surface area (Å²) in [5.41, 5.74) is 6.93. The lowest BCUT2D eigenvalue weighted by atomic mass is 10.0. The Morgan fingerprint density at radius 1 is 1.53 bits per heavy atom. The minimum absolute atomic E-state index is 0.128. The van der Waals surface area contributed by atoms with E-state index in [0.717, 1.165) is 13.0 Å². The number of hydrogen-bond donors (Lipinski definition) is 2. The van der Waals surface area contributed by atoms with Crippen molar-refractivity contribution in [3.63, 3.8) is 0 Å². The van der Waals surface area contributed by atoms with E-state index in [0.29, 0.717) is 21.7 Å². The molecule has 0 atom stereocenters. The molecule has 0 saturated heterocycles. The fourth-order valence-electron chi connectivity index (χ4n) is 2.25. The second-order valence-corrected chi connectivity index (χ2v) is 5.67. The molecule has 1 aliphatic rings. The molecule has 4 nitrogen and oxygen atoms in total. The first-order valence-electron chi connectivity index (χ1n) is 6.60. The molecule has 1 aromatic heterocycles. The Balaban J connectivity index is 1.91. The molecule has 0 aromatic carbocycles. The lowest BCUT2D eigenvalue weighted by Crippen LogP contribution is -2.30. The van der Waals surface area contributed by atoms with E-state index in [4.69, 9.17) is 18.0 Å². The molecule has 19 heavy (non-hydrogen) atoms. The minimum Gasteiger partial charge on any atom is -0.389 e. The second-order valence-electron chi connectivity index (χ2n) is 5.23. The standard InChI is InChI=1S/C14H19N3OS/c1-2-5-14(6-7-14)9-17-13(18)11-4-3-10(8-16-11)12(15)19/h3-4,8H,2,5-7,9H2,1H3,(H2,15,19)(H,17,18). The molecule has 102 valence electrons. The van der Waals surface area contributed by atoms with Crippen LogP contribution in [0.2, 0.25) is 0 Å². The molecule has 0 spiro atoms. The van der Waals surface area contributed by atoms with Crippen LogP contribution in [0.25, 0.3) is 0 Å². The molecule has 0 bridgehead atoms. The Labute approximate surface area is 118 Å². The predicted molar refractivity (Wildman–Crippen MR) is 79.0 cm³/mol. The zero-order chi connectivity index (χ0) is 13.9. The number of thiocarbonyl (C=S) groups is 1. The summed E-state index contributed by atoms with van der Waals surface area (Å²) in [7, 11) is 0. The van der Waals surface area contributed by atoms with Gasteiger partial charge in [-0.15, -0.1) is 0 Å². The number of carbonyl (C=O) groups is 1. The highest BCUT2D eigenvalue weighted by Gasteiger charge is 2.41. The summed E-state index contributed by atoms with van der Waals surface area (Å²) in [6.45, 7) is 2.93. The van der Waals surface area contributed by atoms with Crippen LogP contribution in [0.15, 0.2) is 18.3 Å². The maximum Gasteiger partial charge on any atom is 0.269 e. The summed E-state index contributed by atoms with van der Waals surface area (Å²) in [5, 5.41) is 2.97. The first-order valence-corrected chi connectivity index (χ1v) is 7.01. The minimum atomic E-state index is -0.128. The topological polar surface area (TPSA) is 68.0 Å². The maximum absolute atomic E-state index is 12.0. The number of nitrogens with one attached hydrogen (secondary N) is 1. The van der Waals surface area contributed by atoms with Crippen LogP contribution in [0.3, 0.4) is 0 Å². The second kappa shape index (κ2) is 5.65. The van der Waals surface area contributed by atoms with Gasteiger partial charge in [0.15, 0.2) is 0 Å². The van der Waals surface area contributed by atoms with Crippen molar-refractivity contribution >= 4 is 23.1 Å². The molecule has 1 aliphatic carbocycles. The predicted octanol–water partition coefficient (Wildman–Crippen LogP) is 2.03. The molecule has 1 fully saturated rings. The lowest BCUT2D eigenvalue weighted by Gasteiger charge is -2.14. The number of amides is 1. The summed E-state index contributed by atoms with van der Waals surface area (Å²) in [5.74, 6) is -0.128. The summed E-state index contributed by atoms with van der Waals surface area (Å²) < 4.78 is 0. The third-order valence-corrected chi connectivity index (χ3v) is 3.88. The number of nitrogens with two attached hydrogens (primary N) is 1. The van der Waals surface area contributed by atoms with Crippen LogP contribution in [0.5, 0.6) is 0 Å². The Hall–Kier alpha value is -1.49. The smallest absolute Gasteiger partial charge is 0.269 e. The number of pyridine rings is 1. The van der Waals surface area contributed by atoms with Crippen molar-refractivity contribution in [2.24, 2.45) is 11.1 Å². The van der Waals surface area contributed by atoms with Gasteiger partial charge in [0.2, 0.25) is 0 Å². The van der Waals surface area contributed by atoms with E-state index >= 15 is 0 Å². The van der Waals surface area contributed by atoms with Gasteiger partial charge in [-0.3, -0.25) is 9.78 Å². The Morgan fingerprint density at radius 2 is 2.26 bits per heavy atom. The first-order chi connectivity index (χ1) is 9.06. The van der Waals surface area contributed by atoms with E-state index in [1.807, 2.05) is 0 Å². The van der Waals surface area contributed by atoms with Crippen molar-refractivity contribution in [2.75, 3.05) is 6.54 Å². The fraction of sp³-hybridized carbons (Fsp3) is 0.500. The molecule has 5 heteroatoms. The van der Waals surface area contributed by atoms with E-state index in [9.17, 15) is 4.79 Å². The average Bonchev–Trinajstić information content (AvgIpc) is 3.17. The monoisotopic (exact) mass is 277 g/mol. The molecule has 0 radical (unpaired) electrons. The van der Waals surface area contributed by atoms with E-state index in [1.54, 1.807) is 12.1 Å². The van der Waals surface area contributed by atoms with Crippen LogP contribution in [0, 0.1) is 5.41 Å². The quantitative estimate of drug-likeness (QED) is 0.781. The van der Waals surface area contributed by atoms with Crippen LogP contribution in [-0.4, -0.2) is 22.4 Å². The van der Waals surface area contributed by atoms with Crippen LogP contribution in [-0.2, 0) is 0 Å². The molecule has 2 rings (SSSR count). The molecule has 1 heterocycles. The third kappa shape index (κ3) is 3.50. The summed E-state index contributed by atoms with van der Waals surface area (Å²) in [6.07, 6.45) is 6.32. The fourth-order valence-corrected chi connectivity index (χ4v) is 2.38. The van der Waals surface area contributed by atoms with Gasteiger partial charge in [0.25, 0.3) is 5.91 Å². The zero-order valence-corrected chi connectivity index (χ0v) is 11.9. The van der Waals surface area contributed by atoms with Crippen molar-refractivity contribution in [1.82, 2.24) is 10.3 Å². The van der Waals surface area contributed by atoms with Crippen molar-refractivity contribution in [2.45, 2.75) is 32.6 Å². The van der Waals surface area contributed by atoms with Gasteiger partial charge >= 0.3 is 0 Å². The first kappa shape index (κ1) is 13.9. The normalized spacial score (nSPS) is 15.8. The van der Waals surface area contributed by atoms with Crippen molar-refractivity contribution in [3.8, 4) is 0 Å². The zero-order valence-electron chi connectivity index (χ0n) is 11.1. The molecule has 0 aliphatic heterocycles. The molecule has 1 saturated carbocycles. The molecule has 1 aromatic rings. The van der Waals surface area contributed by atoms with Gasteiger partial charge in [-0.1, -0.05) is 25.6 Å². The highest BCUT2D eigenvalue weighted by Crippen LogP contribution is 2.48. The molecular formula is C14H19N3OS. The van der Waals surface area contributed by atoms with Gasteiger partial charge in [0.1, 0.15) is 10.7 Å². The van der Waals surface area contributed by atoms with Gasteiger partial charge in [-0.25, -0.2) is 0 Å². The van der Waals surface area contributed by atoms with Gasteiger partial charge in [0.05, 0.1) is 0 Å². The lowest BCUT2D eigenvalue weighted by molar-refractivity contribution is 0.0939. The molecule has 0 unspecified atom stereocenters. The average molecular weight is 277 g/mol. The van der Waals surface area contributed by atoms with Crippen LogP contribution < -0.4 is 11.1 Å². The van der Waals surface area contributed by atoms with E-state index in [2.05, 4.69) is 17.2 Å². The maximum atomic E-state index is 12.0. The Bertz CT molecular complexity index is 480. The number of hydrogen-bond acceptors (Lipinski definition) is 3. The van der Waals surface area contributed by atoms with Crippen molar-refractivity contribution in [3.05, 3.63) is 29.6 Å². The van der Waals surface area contributed by atoms with E-state index < -0.39 is 0 Å². The van der Waals surface area contributed by atoms with Gasteiger partial charge in [-0.05, 0) is 36.8 Å². The molecule has 1 amide bonds. The number of carbonyl (C=O) groups excluding carboxylic acids is 1. The van der Waals surface area contributed by atoms with Crippen LogP contribution in [0.4, 0.5) is 0 Å². The van der Waals surface area contributed by atoms with Crippen LogP contribution in [0.1, 0.15) is 48.7 Å². The van der Waals surface area contributed by atoms with Gasteiger partial charge in [0, 0.05) is 18.3 Å². The number of rotatable bonds is 6. The van der Waals surface area contributed by atoms with E-state index in [1.165, 1.54) is 25.5 Å². The number of aromatic nitrogens is 1. The third-order valence-electron chi connectivity index (χ3n) is 3.64. The SMILES string of the molecule is CCCC1(CNC(=O)c2ccc(C(N)=S)cn2)CC1. The largest absolute Gasteiger partial charge is 0.389 e. The Morgan fingerprint density at radius 3 is 2.74 bits per heavy atom. The van der Waals surface area contributed by atoms with Crippen molar-refractivity contribution < 1.29 is 4.79 Å². The summed E-state index contributed by atoms with van der Waals surface area (Å²) in [4.78, 5) is 16.3. The highest BCUT2D eigenvalue weighted by molar-refractivity contribution is 7.80.